The van der Waals surface area contributed by atoms with Gasteiger partial charge in [-0.2, -0.15) is 0 Å². The summed E-state index contributed by atoms with van der Waals surface area (Å²) >= 11 is 19.5. The molecule has 1 atom stereocenters. The van der Waals surface area contributed by atoms with Gasteiger partial charge in [-0.05, 0) is 71.3 Å². The SMILES string of the molecule is COc1ccc(CCCCOC(=O)NC(CC(=O)O)C(=O)Cn2nnnc2Sc2c(Cl)ccc(Cl)c2Cl)cc1. The van der Waals surface area contributed by atoms with Gasteiger partial charge in [0.1, 0.15) is 18.3 Å². The van der Waals surface area contributed by atoms with Crippen molar-refractivity contribution in [2.45, 2.75) is 48.3 Å². The molecule has 1 amide bonds. The number of carbonyl (C=O) groups excluding carboxylic acids is 2. The summed E-state index contributed by atoms with van der Waals surface area (Å²) in [4.78, 5) is 36.9. The van der Waals surface area contributed by atoms with E-state index in [1.807, 2.05) is 24.3 Å². The van der Waals surface area contributed by atoms with E-state index in [9.17, 15) is 19.5 Å². The highest BCUT2D eigenvalue weighted by atomic mass is 35.5. The molecule has 0 saturated carbocycles. The number of benzene rings is 2. The van der Waals surface area contributed by atoms with Crippen molar-refractivity contribution in [1.29, 1.82) is 0 Å². The fourth-order valence-corrected chi connectivity index (χ4v) is 4.96. The standard InChI is InChI=1S/C24H24Cl3N5O6S/c1-37-15-7-5-14(6-8-15)4-2-3-11-38-24(36)28-18(12-20(34)35)19(33)13-32-23(29-30-31-32)39-22-17(26)10-9-16(25)21(22)27/h5-10,18H,2-4,11-13H2,1H3,(H,28,36)(H,34,35). The number of carboxylic acid groups (broad SMARTS) is 1. The number of amides is 1. The van der Waals surface area contributed by atoms with Crippen molar-refractivity contribution in [2.75, 3.05) is 13.7 Å². The minimum atomic E-state index is -1.37. The molecule has 0 aliphatic carbocycles. The Morgan fingerprint density at radius 1 is 1.08 bits per heavy atom. The quantitative estimate of drug-likeness (QED) is 0.188. The zero-order valence-corrected chi connectivity index (χ0v) is 23.7. The average molecular weight is 617 g/mol. The predicted octanol–water partition coefficient (Wildman–Crippen LogP) is 4.95. The number of unbranched alkanes of at least 4 members (excludes halogenated alkanes) is 1. The van der Waals surface area contributed by atoms with Crippen molar-refractivity contribution in [3.63, 3.8) is 0 Å². The maximum atomic E-state index is 12.9. The molecule has 0 radical (unpaired) electrons. The number of ketones is 1. The molecule has 0 aliphatic rings. The lowest BCUT2D eigenvalue weighted by atomic mass is 10.1. The zero-order chi connectivity index (χ0) is 28.4. The number of nitrogens with one attached hydrogen (secondary N) is 1. The summed E-state index contributed by atoms with van der Waals surface area (Å²) in [7, 11) is 1.60. The highest BCUT2D eigenvalue weighted by Crippen LogP contribution is 2.41. The summed E-state index contributed by atoms with van der Waals surface area (Å²) in [5, 5.41) is 23.7. The van der Waals surface area contributed by atoms with Crippen molar-refractivity contribution in [3.8, 4) is 5.75 Å². The van der Waals surface area contributed by atoms with Gasteiger partial charge in [0.2, 0.25) is 5.16 Å². The normalized spacial score (nSPS) is 11.6. The Morgan fingerprint density at radius 3 is 2.49 bits per heavy atom. The molecule has 3 rings (SSSR count). The van der Waals surface area contributed by atoms with Gasteiger partial charge in [0.25, 0.3) is 0 Å². The maximum Gasteiger partial charge on any atom is 0.407 e. The van der Waals surface area contributed by atoms with Crippen LogP contribution in [0.1, 0.15) is 24.8 Å². The molecule has 2 N–H and O–H groups in total. The molecule has 1 heterocycles. The van der Waals surface area contributed by atoms with Crippen LogP contribution in [0.4, 0.5) is 4.79 Å². The molecule has 1 aromatic heterocycles. The predicted molar refractivity (Wildman–Crippen MR) is 145 cm³/mol. The van der Waals surface area contributed by atoms with Crippen LogP contribution in [0.15, 0.2) is 46.5 Å². The molecule has 39 heavy (non-hydrogen) atoms. The Labute approximate surface area is 243 Å². The van der Waals surface area contributed by atoms with E-state index in [0.717, 1.165) is 40.6 Å². The van der Waals surface area contributed by atoms with Crippen LogP contribution in [0.3, 0.4) is 0 Å². The van der Waals surface area contributed by atoms with Gasteiger partial charge in [-0.25, -0.2) is 9.48 Å². The number of hydrogen-bond acceptors (Lipinski definition) is 9. The summed E-state index contributed by atoms with van der Waals surface area (Å²) in [5.41, 5.74) is 1.12. The highest BCUT2D eigenvalue weighted by Gasteiger charge is 2.26. The Hall–Kier alpha value is -3.06. The van der Waals surface area contributed by atoms with Gasteiger partial charge in [0.15, 0.2) is 5.78 Å². The number of rotatable bonds is 14. The third-order valence-corrected chi connectivity index (χ3v) is 7.76. The van der Waals surface area contributed by atoms with E-state index in [4.69, 9.17) is 44.3 Å². The van der Waals surface area contributed by atoms with Crippen LogP contribution in [-0.2, 0) is 27.3 Å². The fourth-order valence-electron chi connectivity index (χ4n) is 3.31. The number of aromatic nitrogens is 4. The summed E-state index contributed by atoms with van der Waals surface area (Å²) < 4.78 is 11.4. The minimum Gasteiger partial charge on any atom is -0.497 e. The third kappa shape index (κ3) is 9.27. The number of carboxylic acids is 1. The second-order valence-electron chi connectivity index (χ2n) is 8.10. The fraction of sp³-hybridized carbons (Fsp3) is 0.333. The summed E-state index contributed by atoms with van der Waals surface area (Å²) in [6.45, 7) is -0.323. The third-order valence-electron chi connectivity index (χ3n) is 5.31. The van der Waals surface area contributed by atoms with Crippen LogP contribution >= 0.6 is 46.6 Å². The molecule has 15 heteroatoms. The lowest BCUT2D eigenvalue weighted by molar-refractivity contribution is -0.139. The number of hydrogen-bond donors (Lipinski definition) is 2. The average Bonchev–Trinajstić information content (AvgIpc) is 3.34. The number of ether oxygens (including phenoxy) is 2. The number of aliphatic carboxylic acids is 1. The summed E-state index contributed by atoms with van der Waals surface area (Å²) in [6, 6.07) is 9.38. The van der Waals surface area contributed by atoms with Crippen molar-refractivity contribution in [2.24, 2.45) is 0 Å². The number of tetrazole rings is 1. The van der Waals surface area contributed by atoms with Crippen LogP contribution in [0.25, 0.3) is 0 Å². The first-order valence-corrected chi connectivity index (χ1v) is 13.5. The molecule has 3 aromatic rings. The van der Waals surface area contributed by atoms with E-state index in [1.165, 1.54) is 6.07 Å². The first kappa shape index (κ1) is 30.5. The van der Waals surface area contributed by atoms with Crippen LogP contribution in [0.5, 0.6) is 5.75 Å². The molecule has 208 valence electrons. The number of aryl methyl sites for hydroxylation is 1. The number of carbonyl (C=O) groups is 3. The van der Waals surface area contributed by atoms with Gasteiger partial charge in [-0.15, -0.1) is 5.10 Å². The molecule has 0 aliphatic heterocycles. The Kier molecular flexibility index (Phi) is 11.7. The molecule has 1 unspecified atom stereocenters. The molecule has 0 fully saturated rings. The van der Waals surface area contributed by atoms with E-state index in [0.29, 0.717) is 16.3 Å². The van der Waals surface area contributed by atoms with Crippen LogP contribution in [0.2, 0.25) is 15.1 Å². The largest absolute Gasteiger partial charge is 0.497 e. The topological polar surface area (TPSA) is 146 Å². The number of methoxy groups -OCH3 is 1. The Balaban J connectivity index is 1.53. The van der Waals surface area contributed by atoms with E-state index >= 15 is 0 Å². The van der Waals surface area contributed by atoms with Gasteiger partial charge in [0.05, 0.1) is 40.1 Å². The van der Waals surface area contributed by atoms with Crippen LogP contribution in [0, 0.1) is 0 Å². The van der Waals surface area contributed by atoms with Gasteiger partial charge < -0.3 is 19.9 Å². The molecule has 0 spiro atoms. The van der Waals surface area contributed by atoms with Gasteiger partial charge in [-0.3, -0.25) is 9.59 Å². The lowest BCUT2D eigenvalue weighted by Gasteiger charge is -2.16. The van der Waals surface area contributed by atoms with Crippen LogP contribution in [-0.4, -0.2) is 62.9 Å². The molecule has 0 bridgehead atoms. The van der Waals surface area contributed by atoms with E-state index in [1.54, 1.807) is 13.2 Å². The van der Waals surface area contributed by atoms with E-state index in [2.05, 4.69) is 20.8 Å². The van der Waals surface area contributed by atoms with Gasteiger partial charge in [-0.1, -0.05) is 46.9 Å². The number of Topliss-reactive ketones (excluding diaryl/α,β-unsaturated/α-hetero) is 1. The lowest BCUT2D eigenvalue weighted by Crippen LogP contribution is -2.44. The first-order valence-electron chi connectivity index (χ1n) is 11.6. The first-order chi connectivity index (χ1) is 18.7. The van der Waals surface area contributed by atoms with Crippen LogP contribution < -0.4 is 10.1 Å². The van der Waals surface area contributed by atoms with E-state index in [-0.39, 0.29) is 21.8 Å². The van der Waals surface area contributed by atoms with Gasteiger partial charge >= 0.3 is 12.1 Å². The Bertz CT molecular complexity index is 1310. The second-order valence-corrected chi connectivity index (χ2v) is 10.3. The van der Waals surface area contributed by atoms with Crippen molar-refractivity contribution in [3.05, 3.63) is 57.0 Å². The minimum absolute atomic E-state index is 0.102. The number of nitrogens with zero attached hydrogens (tertiary/aromatic N) is 4. The number of halogens is 3. The molecule has 11 nitrogen and oxygen atoms in total. The molecular weight excluding hydrogens is 593 g/mol. The van der Waals surface area contributed by atoms with E-state index < -0.39 is 36.9 Å². The summed E-state index contributed by atoms with van der Waals surface area (Å²) in [6.07, 6.45) is 0.575. The van der Waals surface area contributed by atoms with Crippen molar-refractivity contribution < 1.29 is 29.0 Å². The second kappa shape index (κ2) is 14.9. The molecule has 2 aromatic carbocycles. The van der Waals surface area contributed by atoms with Crippen molar-refractivity contribution in [1.82, 2.24) is 25.5 Å². The van der Waals surface area contributed by atoms with Gasteiger partial charge in [0, 0.05) is 0 Å². The zero-order valence-electron chi connectivity index (χ0n) is 20.6. The molecular formula is C24H24Cl3N5O6S. The van der Waals surface area contributed by atoms with Crippen molar-refractivity contribution >= 4 is 64.4 Å². The highest BCUT2D eigenvalue weighted by molar-refractivity contribution is 7.99. The summed E-state index contributed by atoms with van der Waals surface area (Å²) in [5.74, 6) is -1.16. The number of alkyl carbamates (subject to hydrolysis) is 1. The Morgan fingerprint density at radius 2 is 1.79 bits per heavy atom. The molecule has 0 saturated heterocycles. The smallest absolute Gasteiger partial charge is 0.407 e. The maximum absolute atomic E-state index is 12.9. The monoisotopic (exact) mass is 615 g/mol.